The summed E-state index contributed by atoms with van der Waals surface area (Å²) in [4.78, 5) is 17.4. The van der Waals surface area contributed by atoms with Crippen LogP contribution in [-0.2, 0) is 14.8 Å². The van der Waals surface area contributed by atoms with Crippen molar-refractivity contribution in [2.75, 3.05) is 10.0 Å². The Labute approximate surface area is 227 Å². The number of anilines is 2. The average molecular weight is 571 g/mol. The molecule has 0 radical (unpaired) electrons. The molecule has 9 nitrogen and oxygen atoms in total. The van der Waals surface area contributed by atoms with Gasteiger partial charge in [0.05, 0.1) is 21.4 Å². The van der Waals surface area contributed by atoms with Crippen molar-refractivity contribution in [2.24, 2.45) is 0 Å². The third-order valence-electron chi connectivity index (χ3n) is 4.96. The number of hydrogen-bond acceptors (Lipinski definition) is 9. The van der Waals surface area contributed by atoms with Crippen LogP contribution in [0.25, 0.3) is 11.3 Å². The number of pyridine rings is 1. The molecule has 4 aromatic rings. The minimum Gasteiger partial charge on any atom is -0.325 e. The normalized spacial score (nSPS) is 11.9. The molecular formula is C24H19ClN6O3S3. The minimum absolute atomic E-state index is 0.0163. The zero-order chi connectivity index (χ0) is 26.6. The first-order chi connectivity index (χ1) is 17.6. The second-order valence-electron chi connectivity index (χ2n) is 7.67. The van der Waals surface area contributed by atoms with E-state index in [0.29, 0.717) is 32.0 Å². The predicted molar refractivity (Wildman–Crippen MR) is 145 cm³/mol. The summed E-state index contributed by atoms with van der Waals surface area (Å²) in [5.74, 6) is -0.328. The first-order valence-corrected chi connectivity index (χ1v) is 14.3. The van der Waals surface area contributed by atoms with Crippen molar-refractivity contribution in [1.82, 2.24) is 15.2 Å². The summed E-state index contributed by atoms with van der Waals surface area (Å²) in [6, 6.07) is 18.4. The molecule has 188 valence electrons. The molecule has 1 unspecified atom stereocenters. The van der Waals surface area contributed by atoms with Crippen LogP contribution in [0, 0.1) is 18.3 Å². The molecule has 2 heterocycles. The van der Waals surface area contributed by atoms with Crippen LogP contribution in [0.4, 0.5) is 10.8 Å². The van der Waals surface area contributed by atoms with E-state index in [1.54, 1.807) is 38.1 Å². The van der Waals surface area contributed by atoms with Crippen molar-refractivity contribution in [3.05, 3.63) is 76.3 Å². The maximum absolute atomic E-state index is 12.8. The standard InChI is InChI=1S/C24H19ClN6O3S3/c1-14(35-23-17(13-26)5-12-21(28-23)16-3-6-18(25)7-4-16)22(32)27-19-8-10-20(11-9-19)37(33,34)31-24-30-29-15(2)36-24/h3-12,14H,1-2H3,(H,27,32)(H,30,31). The second-order valence-corrected chi connectivity index (χ2v) is 12.3. The van der Waals surface area contributed by atoms with E-state index >= 15 is 0 Å². The van der Waals surface area contributed by atoms with E-state index in [2.05, 4.69) is 31.3 Å². The molecule has 2 aromatic carbocycles. The highest BCUT2D eigenvalue weighted by Crippen LogP contribution is 2.29. The minimum atomic E-state index is -3.84. The molecule has 2 N–H and O–H groups in total. The van der Waals surface area contributed by atoms with Crippen LogP contribution in [0.1, 0.15) is 17.5 Å². The highest BCUT2D eigenvalue weighted by molar-refractivity contribution is 8.00. The summed E-state index contributed by atoms with van der Waals surface area (Å²) in [6.45, 7) is 3.42. The summed E-state index contributed by atoms with van der Waals surface area (Å²) in [7, 11) is -3.84. The predicted octanol–water partition coefficient (Wildman–Crippen LogP) is 5.35. The lowest BCUT2D eigenvalue weighted by molar-refractivity contribution is -0.115. The van der Waals surface area contributed by atoms with E-state index in [1.165, 1.54) is 24.3 Å². The number of rotatable bonds is 8. The van der Waals surface area contributed by atoms with Crippen molar-refractivity contribution in [1.29, 1.82) is 5.26 Å². The van der Waals surface area contributed by atoms with E-state index in [-0.39, 0.29) is 15.9 Å². The van der Waals surface area contributed by atoms with Gasteiger partial charge in [-0.05, 0) is 62.4 Å². The molecule has 0 aliphatic heterocycles. The topological polar surface area (TPSA) is 138 Å². The van der Waals surface area contributed by atoms with Crippen molar-refractivity contribution < 1.29 is 13.2 Å². The Bertz CT molecular complexity index is 1580. The first-order valence-electron chi connectivity index (χ1n) is 10.7. The van der Waals surface area contributed by atoms with Crippen LogP contribution in [-0.4, -0.2) is 34.8 Å². The molecule has 0 saturated heterocycles. The summed E-state index contributed by atoms with van der Waals surface area (Å²) < 4.78 is 27.5. The lowest BCUT2D eigenvalue weighted by atomic mass is 10.1. The summed E-state index contributed by atoms with van der Waals surface area (Å²) in [5.41, 5.74) is 2.26. The highest BCUT2D eigenvalue weighted by Gasteiger charge is 2.20. The Morgan fingerprint density at radius 1 is 1.08 bits per heavy atom. The van der Waals surface area contributed by atoms with E-state index in [9.17, 15) is 18.5 Å². The largest absolute Gasteiger partial charge is 0.325 e. The molecular weight excluding hydrogens is 552 g/mol. The summed E-state index contributed by atoms with van der Waals surface area (Å²) in [6.07, 6.45) is 0. The third-order valence-corrected chi connectivity index (χ3v) is 8.55. The molecule has 2 aromatic heterocycles. The fraction of sp³-hybridized carbons (Fsp3) is 0.125. The second kappa shape index (κ2) is 11.3. The number of hydrogen-bond donors (Lipinski definition) is 2. The fourth-order valence-electron chi connectivity index (χ4n) is 3.09. The number of nitrogens with zero attached hydrogens (tertiary/aromatic N) is 4. The molecule has 0 saturated carbocycles. The van der Waals surface area contributed by atoms with Gasteiger partial charge in [-0.25, -0.2) is 13.4 Å². The number of thioether (sulfide) groups is 1. The Hall–Kier alpha value is -3.50. The number of aryl methyl sites for hydroxylation is 1. The molecule has 0 bridgehead atoms. The smallest absolute Gasteiger partial charge is 0.263 e. The first kappa shape index (κ1) is 26.6. The zero-order valence-corrected chi connectivity index (χ0v) is 22.7. The fourth-order valence-corrected chi connectivity index (χ4v) is 5.93. The zero-order valence-electron chi connectivity index (χ0n) is 19.5. The number of benzene rings is 2. The molecule has 4 rings (SSSR count). The quantitative estimate of drug-likeness (QED) is 0.270. The number of nitriles is 1. The number of nitrogens with one attached hydrogen (secondary N) is 2. The molecule has 0 fully saturated rings. The lowest BCUT2D eigenvalue weighted by Crippen LogP contribution is -2.22. The number of sulfonamides is 1. The van der Waals surface area contributed by atoms with Crippen molar-refractivity contribution in [3.63, 3.8) is 0 Å². The number of halogens is 1. The van der Waals surface area contributed by atoms with Gasteiger partial charge in [0.25, 0.3) is 10.0 Å². The highest BCUT2D eigenvalue weighted by atomic mass is 35.5. The van der Waals surface area contributed by atoms with Crippen LogP contribution in [0.3, 0.4) is 0 Å². The SMILES string of the molecule is Cc1nnc(NS(=O)(=O)c2ccc(NC(=O)C(C)Sc3nc(-c4ccc(Cl)cc4)ccc3C#N)cc2)s1. The molecule has 0 spiro atoms. The van der Waals surface area contributed by atoms with Crippen molar-refractivity contribution in [3.8, 4) is 17.3 Å². The molecule has 1 atom stereocenters. The van der Waals surface area contributed by atoms with Crippen LogP contribution >= 0.6 is 34.7 Å². The van der Waals surface area contributed by atoms with Crippen LogP contribution in [0.5, 0.6) is 0 Å². The maximum Gasteiger partial charge on any atom is 0.263 e. The molecule has 1 amide bonds. The summed E-state index contributed by atoms with van der Waals surface area (Å²) >= 11 is 8.24. The van der Waals surface area contributed by atoms with E-state index in [1.807, 2.05) is 12.1 Å². The molecule has 37 heavy (non-hydrogen) atoms. The Balaban J connectivity index is 1.44. The molecule has 0 aliphatic carbocycles. The Kier molecular flexibility index (Phi) is 8.09. The van der Waals surface area contributed by atoms with E-state index in [0.717, 1.165) is 28.7 Å². The van der Waals surface area contributed by atoms with Gasteiger partial charge in [-0.1, -0.05) is 46.8 Å². The lowest BCUT2D eigenvalue weighted by Gasteiger charge is -2.13. The van der Waals surface area contributed by atoms with Crippen molar-refractivity contribution >= 4 is 61.4 Å². The molecule has 0 aliphatic rings. The van der Waals surface area contributed by atoms with Gasteiger partial charge in [-0.15, -0.1) is 10.2 Å². The monoisotopic (exact) mass is 570 g/mol. The van der Waals surface area contributed by atoms with E-state index < -0.39 is 15.3 Å². The van der Waals surface area contributed by atoms with Gasteiger partial charge < -0.3 is 5.32 Å². The summed E-state index contributed by atoms with van der Waals surface area (Å²) in [5, 5.41) is 21.1. The van der Waals surface area contributed by atoms with E-state index in [4.69, 9.17) is 11.6 Å². The van der Waals surface area contributed by atoms with Gasteiger partial charge in [-0.2, -0.15) is 5.26 Å². The van der Waals surface area contributed by atoms with Gasteiger partial charge >= 0.3 is 0 Å². The van der Waals surface area contributed by atoms with Gasteiger partial charge in [0, 0.05) is 16.3 Å². The maximum atomic E-state index is 12.8. The Morgan fingerprint density at radius 3 is 2.41 bits per heavy atom. The van der Waals surface area contributed by atoms with Gasteiger partial charge in [0.15, 0.2) is 0 Å². The Morgan fingerprint density at radius 2 is 1.78 bits per heavy atom. The van der Waals surface area contributed by atoms with Gasteiger partial charge in [0.1, 0.15) is 16.1 Å². The number of carbonyl (C=O) groups is 1. The number of aromatic nitrogens is 3. The molecule has 13 heteroatoms. The van der Waals surface area contributed by atoms with Crippen molar-refractivity contribution in [2.45, 2.75) is 29.0 Å². The van der Waals surface area contributed by atoms with Crippen LogP contribution < -0.4 is 10.0 Å². The van der Waals surface area contributed by atoms with Gasteiger partial charge in [0.2, 0.25) is 11.0 Å². The third kappa shape index (κ3) is 6.64. The number of amides is 1. The van der Waals surface area contributed by atoms with Crippen LogP contribution in [0.2, 0.25) is 5.02 Å². The average Bonchev–Trinajstić information content (AvgIpc) is 3.28. The van der Waals surface area contributed by atoms with Crippen LogP contribution in [0.15, 0.2) is 70.6 Å². The van der Waals surface area contributed by atoms with Gasteiger partial charge in [-0.3, -0.25) is 9.52 Å². The number of carbonyl (C=O) groups excluding carboxylic acids is 1.